The van der Waals surface area contributed by atoms with Gasteiger partial charge in [-0.2, -0.15) is 0 Å². The molecule has 0 amide bonds. The minimum atomic E-state index is -0.441. The Morgan fingerprint density at radius 2 is 2.60 bits per heavy atom. The summed E-state index contributed by atoms with van der Waals surface area (Å²) in [7, 11) is 0. The maximum absolute atomic E-state index is 10.5. The number of aldehydes is 1. The Hall–Kier alpha value is -1.45. The molecule has 4 heteroatoms. The molecule has 0 aliphatic carbocycles. The van der Waals surface area contributed by atoms with Gasteiger partial charge in [0.15, 0.2) is 6.29 Å². The molecule has 4 nitrogen and oxygen atoms in total. The number of carbonyl (C=O) groups excluding carboxylic acids is 2. The van der Waals surface area contributed by atoms with Crippen LogP contribution in [-0.2, 0) is 16.0 Å². The first-order chi connectivity index (χ1) is 4.83. The summed E-state index contributed by atoms with van der Waals surface area (Å²) < 4.78 is 0. The zero-order valence-corrected chi connectivity index (χ0v) is 5.20. The Balaban J connectivity index is 2.56. The molecule has 0 saturated carbocycles. The molecule has 1 aromatic heterocycles. The number of imidazole rings is 1. The van der Waals surface area contributed by atoms with Crippen LogP contribution in [-0.4, -0.2) is 22.0 Å². The highest BCUT2D eigenvalue weighted by molar-refractivity contribution is 6.25. The third-order valence-electron chi connectivity index (χ3n) is 1.05. The Kier molecular flexibility index (Phi) is 1.94. The smallest absolute Gasteiger partial charge is 0.201 e. The molecule has 0 fully saturated rings. The van der Waals surface area contributed by atoms with E-state index in [0.29, 0.717) is 12.0 Å². The van der Waals surface area contributed by atoms with Crippen molar-refractivity contribution in [3.8, 4) is 0 Å². The van der Waals surface area contributed by atoms with Gasteiger partial charge in [-0.15, -0.1) is 0 Å². The van der Waals surface area contributed by atoms with E-state index in [1.165, 1.54) is 12.5 Å². The van der Waals surface area contributed by atoms with Crippen molar-refractivity contribution in [2.45, 2.75) is 6.42 Å². The highest BCUT2D eigenvalue weighted by atomic mass is 16.2. The van der Waals surface area contributed by atoms with Gasteiger partial charge in [0.1, 0.15) is 0 Å². The van der Waals surface area contributed by atoms with Crippen molar-refractivity contribution in [3.05, 3.63) is 18.2 Å². The normalized spacial score (nSPS) is 9.20. The second kappa shape index (κ2) is 2.91. The number of hydrogen-bond donors (Lipinski definition) is 1. The van der Waals surface area contributed by atoms with E-state index in [0.717, 1.165) is 0 Å². The molecule has 0 spiro atoms. The predicted molar refractivity (Wildman–Crippen MR) is 33.4 cm³/mol. The van der Waals surface area contributed by atoms with Gasteiger partial charge in [0, 0.05) is 11.9 Å². The minimum absolute atomic E-state index is 0.115. The van der Waals surface area contributed by atoms with Gasteiger partial charge in [0.05, 0.1) is 12.7 Å². The van der Waals surface area contributed by atoms with Gasteiger partial charge >= 0.3 is 0 Å². The molecule has 0 saturated heterocycles. The summed E-state index contributed by atoms with van der Waals surface area (Å²) >= 11 is 0. The maximum atomic E-state index is 10.5. The van der Waals surface area contributed by atoms with Gasteiger partial charge in [0.25, 0.3) is 0 Å². The third kappa shape index (κ3) is 1.51. The van der Waals surface area contributed by atoms with Crippen molar-refractivity contribution in [1.82, 2.24) is 9.97 Å². The Morgan fingerprint density at radius 1 is 1.80 bits per heavy atom. The maximum Gasteiger partial charge on any atom is 0.201 e. The van der Waals surface area contributed by atoms with Crippen molar-refractivity contribution in [2.24, 2.45) is 0 Å². The van der Waals surface area contributed by atoms with Crippen molar-refractivity contribution in [2.75, 3.05) is 0 Å². The molecule has 1 aromatic rings. The summed E-state index contributed by atoms with van der Waals surface area (Å²) in [6.07, 6.45) is 3.40. The molecule has 0 bridgehead atoms. The first kappa shape index (κ1) is 6.67. The highest BCUT2D eigenvalue weighted by Crippen LogP contribution is 1.91. The van der Waals surface area contributed by atoms with Crippen LogP contribution in [0.25, 0.3) is 0 Å². The molecule has 0 aliphatic heterocycles. The minimum Gasteiger partial charge on any atom is -0.348 e. The van der Waals surface area contributed by atoms with Crippen LogP contribution in [0.3, 0.4) is 0 Å². The van der Waals surface area contributed by atoms with Gasteiger partial charge in [0.2, 0.25) is 5.78 Å². The molecule has 52 valence electrons. The number of Topliss-reactive ketones (excluding diaryl/α,β-unsaturated/α-hetero) is 1. The molecule has 0 radical (unpaired) electrons. The molecule has 10 heavy (non-hydrogen) atoms. The van der Waals surface area contributed by atoms with E-state index in [1.807, 2.05) is 0 Å². The molecule has 0 aliphatic rings. The van der Waals surface area contributed by atoms with Crippen LogP contribution in [0.5, 0.6) is 0 Å². The number of nitrogens with zero attached hydrogens (tertiary/aromatic N) is 1. The zero-order valence-electron chi connectivity index (χ0n) is 5.20. The highest BCUT2D eigenvalue weighted by Gasteiger charge is 2.00. The second-order valence-corrected chi connectivity index (χ2v) is 1.84. The summed E-state index contributed by atoms with van der Waals surface area (Å²) in [6.45, 7) is 0. The summed E-state index contributed by atoms with van der Waals surface area (Å²) in [5.41, 5.74) is 0.664. The van der Waals surface area contributed by atoms with E-state index in [-0.39, 0.29) is 6.42 Å². The van der Waals surface area contributed by atoms with Crippen LogP contribution >= 0.6 is 0 Å². The van der Waals surface area contributed by atoms with Gasteiger partial charge in [-0.3, -0.25) is 9.59 Å². The van der Waals surface area contributed by atoms with E-state index in [2.05, 4.69) is 9.97 Å². The van der Waals surface area contributed by atoms with Gasteiger partial charge in [-0.05, 0) is 0 Å². The van der Waals surface area contributed by atoms with Crippen molar-refractivity contribution in [3.63, 3.8) is 0 Å². The van der Waals surface area contributed by atoms with Gasteiger partial charge in [-0.1, -0.05) is 0 Å². The number of aromatic nitrogens is 2. The molecule has 1 N–H and O–H groups in total. The average Bonchev–Trinajstić information content (AvgIpc) is 2.40. The lowest BCUT2D eigenvalue weighted by Gasteiger charge is -1.85. The van der Waals surface area contributed by atoms with Crippen molar-refractivity contribution in [1.29, 1.82) is 0 Å². The fraction of sp³-hybridized carbons (Fsp3) is 0.167. The first-order valence-corrected chi connectivity index (χ1v) is 2.78. The number of H-pyrrole nitrogens is 1. The summed E-state index contributed by atoms with van der Waals surface area (Å²) in [4.78, 5) is 26.7. The SMILES string of the molecule is O=CC(=O)Cc1cnc[nH]1. The molecular weight excluding hydrogens is 132 g/mol. The van der Waals surface area contributed by atoms with E-state index >= 15 is 0 Å². The first-order valence-electron chi connectivity index (χ1n) is 2.78. The van der Waals surface area contributed by atoms with Crippen molar-refractivity contribution >= 4 is 12.1 Å². The standard InChI is InChI=1S/C6H6N2O2/c9-3-6(10)1-5-2-7-4-8-5/h2-4H,1H2,(H,7,8). The number of ketones is 1. The van der Waals surface area contributed by atoms with Crippen LogP contribution in [0.2, 0.25) is 0 Å². The van der Waals surface area contributed by atoms with Crippen LogP contribution in [0.1, 0.15) is 5.69 Å². The van der Waals surface area contributed by atoms with Crippen LogP contribution in [0.4, 0.5) is 0 Å². The Morgan fingerprint density at radius 3 is 3.10 bits per heavy atom. The lowest BCUT2D eigenvalue weighted by atomic mass is 10.2. The number of hydrogen-bond acceptors (Lipinski definition) is 3. The van der Waals surface area contributed by atoms with Gasteiger partial charge < -0.3 is 4.98 Å². The van der Waals surface area contributed by atoms with Crippen molar-refractivity contribution < 1.29 is 9.59 Å². The quantitative estimate of drug-likeness (QED) is 0.461. The van der Waals surface area contributed by atoms with Gasteiger partial charge in [-0.25, -0.2) is 4.98 Å². The lowest BCUT2D eigenvalue weighted by Crippen LogP contribution is -2.02. The third-order valence-corrected chi connectivity index (χ3v) is 1.05. The van der Waals surface area contributed by atoms with Crippen LogP contribution in [0.15, 0.2) is 12.5 Å². The number of nitrogens with one attached hydrogen (secondary N) is 1. The molecule has 0 atom stereocenters. The van der Waals surface area contributed by atoms with Crippen LogP contribution in [0, 0.1) is 0 Å². The second-order valence-electron chi connectivity index (χ2n) is 1.84. The topological polar surface area (TPSA) is 62.8 Å². The fourth-order valence-corrected chi connectivity index (χ4v) is 0.611. The fourth-order valence-electron chi connectivity index (χ4n) is 0.611. The van der Waals surface area contributed by atoms with E-state index in [9.17, 15) is 9.59 Å². The number of carbonyl (C=O) groups is 2. The number of aromatic amines is 1. The van der Waals surface area contributed by atoms with E-state index in [4.69, 9.17) is 0 Å². The van der Waals surface area contributed by atoms with E-state index < -0.39 is 5.78 Å². The summed E-state index contributed by atoms with van der Waals surface area (Å²) in [5.74, 6) is -0.441. The zero-order chi connectivity index (χ0) is 7.40. The number of rotatable bonds is 3. The lowest BCUT2D eigenvalue weighted by molar-refractivity contribution is -0.129. The largest absolute Gasteiger partial charge is 0.348 e. The van der Waals surface area contributed by atoms with E-state index in [1.54, 1.807) is 0 Å². The molecular formula is C6H6N2O2. The Bertz CT molecular complexity index is 228. The summed E-state index contributed by atoms with van der Waals surface area (Å²) in [5, 5.41) is 0. The monoisotopic (exact) mass is 138 g/mol. The average molecular weight is 138 g/mol. The Labute approximate surface area is 57.3 Å². The summed E-state index contributed by atoms with van der Waals surface area (Å²) in [6, 6.07) is 0. The molecule has 1 heterocycles. The molecule has 1 rings (SSSR count). The molecule has 0 aromatic carbocycles. The molecule has 0 unspecified atom stereocenters. The van der Waals surface area contributed by atoms with Crippen LogP contribution < -0.4 is 0 Å². The predicted octanol–water partition coefficient (Wildman–Crippen LogP) is -0.280.